The average molecular weight is 471 g/mol. The van der Waals surface area contributed by atoms with E-state index < -0.39 is 9.84 Å². The molecule has 2 aromatic rings. The number of nitriles is 1. The number of hydrogen-bond donors (Lipinski definition) is 0. The first kappa shape index (κ1) is 17.0. The maximum absolute atomic E-state index is 12.6. The summed E-state index contributed by atoms with van der Waals surface area (Å²) in [7, 11) is -3.91. The van der Waals surface area contributed by atoms with E-state index in [1.807, 2.05) is 0 Å². The van der Waals surface area contributed by atoms with Crippen molar-refractivity contribution in [3.05, 3.63) is 55.8 Å². The molecule has 0 atom stereocenters. The standard InChI is InChI=1S/C16H9Br2NO4S/c17-11-1-3-12(4-2-11)24(20,21)13(8-19)5-10-6-15-16(7-14(10)18)23-9-22-15/h1-7H,9H2/b13-5+. The van der Waals surface area contributed by atoms with E-state index in [1.165, 1.54) is 18.2 Å². The fraction of sp³-hybridized carbons (Fsp3) is 0.0625. The van der Waals surface area contributed by atoms with Crippen LogP contribution in [0.3, 0.4) is 0 Å². The van der Waals surface area contributed by atoms with Gasteiger partial charge in [-0.3, -0.25) is 0 Å². The number of benzene rings is 2. The summed E-state index contributed by atoms with van der Waals surface area (Å²) in [4.78, 5) is -0.306. The highest BCUT2D eigenvalue weighted by atomic mass is 79.9. The van der Waals surface area contributed by atoms with Gasteiger partial charge in [0.2, 0.25) is 16.6 Å². The molecule has 0 fully saturated rings. The van der Waals surface area contributed by atoms with Crippen molar-refractivity contribution in [2.24, 2.45) is 0 Å². The summed E-state index contributed by atoms with van der Waals surface area (Å²) in [5.74, 6) is 1.07. The first-order chi connectivity index (χ1) is 11.4. The largest absolute Gasteiger partial charge is 0.454 e. The Labute approximate surface area is 155 Å². The lowest BCUT2D eigenvalue weighted by Crippen LogP contribution is -2.03. The van der Waals surface area contributed by atoms with Crippen LogP contribution >= 0.6 is 31.9 Å². The highest BCUT2D eigenvalue weighted by Gasteiger charge is 2.22. The molecule has 3 rings (SSSR count). The number of rotatable bonds is 3. The Hall–Kier alpha value is -1.82. The van der Waals surface area contributed by atoms with Crippen molar-refractivity contribution in [1.82, 2.24) is 0 Å². The Morgan fingerprint density at radius 1 is 1.12 bits per heavy atom. The molecule has 1 aliphatic heterocycles. The Morgan fingerprint density at radius 3 is 2.38 bits per heavy atom. The van der Waals surface area contributed by atoms with Crippen molar-refractivity contribution in [1.29, 1.82) is 5.26 Å². The average Bonchev–Trinajstić information content (AvgIpc) is 2.99. The zero-order chi connectivity index (χ0) is 17.3. The second-order valence-electron chi connectivity index (χ2n) is 4.80. The lowest BCUT2D eigenvalue weighted by Gasteiger charge is -2.05. The second-order valence-corrected chi connectivity index (χ2v) is 8.49. The molecule has 1 heterocycles. The third-order valence-corrected chi connectivity index (χ3v) is 6.20. The minimum atomic E-state index is -3.91. The number of fused-ring (bicyclic) bond motifs is 1. The summed E-state index contributed by atoms with van der Waals surface area (Å²) in [6.07, 6.45) is 1.31. The molecule has 0 saturated heterocycles. The van der Waals surface area contributed by atoms with Crippen molar-refractivity contribution < 1.29 is 17.9 Å². The van der Waals surface area contributed by atoms with Crippen LogP contribution in [0.15, 0.2) is 55.1 Å². The first-order valence-electron chi connectivity index (χ1n) is 6.63. The third kappa shape index (κ3) is 3.20. The SMILES string of the molecule is N#C/C(=C\c1cc2c(cc1Br)OCO2)S(=O)(=O)c1ccc(Br)cc1. The quantitative estimate of drug-likeness (QED) is 0.625. The van der Waals surface area contributed by atoms with Gasteiger partial charge in [0.15, 0.2) is 11.5 Å². The second kappa shape index (κ2) is 6.59. The summed E-state index contributed by atoms with van der Waals surface area (Å²) in [5, 5.41) is 9.35. The van der Waals surface area contributed by atoms with Crippen LogP contribution < -0.4 is 9.47 Å². The van der Waals surface area contributed by atoms with Crippen molar-refractivity contribution in [2.45, 2.75) is 4.90 Å². The van der Waals surface area contributed by atoms with E-state index in [1.54, 1.807) is 30.3 Å². The van der Waals surface area contributed by atoms with E-state index in [0.29, 0.717) is 21.5 Å². The van der Waals surface area contributed by atoms with Crippen molar-refractivity contribution in [3.8, 4) is 17.6 Å². The van der Waals surface area contributed by atoms with Crippen molar-refractivity contribution in [2.75, 3.05) is 6.79 Å². The molecule has 122 valence electrons. The summed E-state index contributed by atoms with van der Waals surface area (Å²) >= 11 is 6.60. The maximum Gasteiger partial charge on any atom is 0.231 e. The smallest absolute Gasteiger partial charge is 0.231 e. The van der Waals surface area contributed by atoms with Gasteiger partial charge in [-0.05, 0) is 48.0 Å². The van der Waals surface area contributed by atoms with Gasteiger partial charge in [0.05, 0.1) is 4.90 Å². The topological polar surface area (TPSA) is 76.4 Å². The molecule has 24 heavy (non-hydrogen) atoms. The molecule has 0 saturated carbocycles. The monoisotopic (exact) mass is 469 g/mol. The lowest BCUT2D eigenvalue weighted by molar-refractivity contribution is 0.174. The molecule has 0 spiro atoms. The van der Waals surface area contributed by atoms with Crippen LogP contribution in [0.2, 0.25) is 0 Å². The van der Waals surface area contributed by atoms with Crippen molar-refractivity contribution >= 4 is 47.8 Å². The molecule has 0 unspecified atom stereocenters. The fourth-order valence-electron chi connectivity index (χ4n) is 2.10. The van der Waals surface area contributed by atoms with Gasteiger partial charge in [-0.15, -0.1) is 0 Å². The predicted octanol–water partition coefficient (Wildman–Crippen LogP) is 4.28. The fourth-order valence-corrected chi connectivity index (χ4v) is 3.95. The molecule has 0 bridgehead atoms. The number of sulfone groups is 1. The molecule has 1 aliphatic rings. The van der Waals surface area contributed by atoms with Crippen LogP contribution in [-0.2, 0) is 9.84 Å². The Balaban J connectivity index is 2.07. The number of hydrogen-bond acceptors (Lipinski definition) is 5. The Morgan fingerprint density at radius 2 is 1.75 bits per heavy atom. The minimum Gasteiger partial charge on any atom is -0.454 e. The van der Waals surface area contributed by atoms with E-state index in [-0.39, 0.29) is 16.6 Å². The zero-order valence-corrected chi connectivity index (χ0v) is 16.0. The molecule has 8 heteroatoms. The summed E-state index contributed by atoms with van der Waals surface area (Å²) in [6, 6.07) is 11.2. The normalized spacial score (nSPS) is 13.6. The van der Waals surface area contributed by atoms with Crippen LogP contribution in [0.1, 0.15) is 5.56 Å². The molecule has 0 N–H and O–H groups in total. The first-order valence-corrected chi connectivity index (χ1v) is 9.70. The van der Waals surface area contributed by atoms with Crippen LogP contribution in [0.5, 0.6) is 11.5 Å². The maximum atomic E-state index is 12.6. The van der Waals surface area contributed by atoms with Crippen LogP contribution in [0, 0.1) is 11.3 Å². The van der Waals surface area contributed by atoms with Gasteiger partial charge in [0.1, 0.15) is 11.0 Å². The third-order valence-electron chi connectivity index (χ3n) is 3.30. The molecular formula is C16H9Br2NO4S. The van der Waals surface area contributed by atoms with Crippen LogP contribution in [-0.4, -0.2) is 15.2 Å². The summed E-state index contributed by atoms with van der Waals surface area (Å²) in [5.41, 5.74) is 0.511. The molecule has 2 aromatic carbocycles. The van der Waals surface area contributed by atoms with E-state index in [4.69, 9.17) is 9.47 Å². The Bertz CT molecular complexity index is 976. The molecule has 0 aliphatic carbocycles. The molecule has 0 aromatic heterocycles. The number of ether oxygens (including phenoxy) is 2. The molecular weight excluding hydrogens is 462 g/mol. The number of nitrogens with zero attached hydrogens (tertiary/aromatic N) is 1. The molecule has 5 nitrogen and oxygen atoms in total. The summed E-state index contributed by atoms with van der Waals surface area (Å²) in [6.45, 7) is 0.108. The van der Waals surface area contributed by atoms with Gasteiger partial charge >= 0.3 is 0 Å². The Kier molecular flexibility index (Phi) is 4.67. The summed E-state index contributed by atoms with van der Waals surface area (Å²) < 4.78 is 37.2. The molecule has 0 radical (unpaired) electrons. The minimum absolute atomic E-state index is 0.0513. The predicted molar refractivity (Wildman–Crippen MR) is 95.2 cm³/mol. The zero-order valence-electron chi connectivity index (χ0n) is 12.0. The van der Waals surface area contributed by atoms with Gasteiger partial charge in [-0.25, -0.2) is 8.42 Å². The van der Waals surface area contributed by atoms with E-state index in [9.17, 15) is 13.7 Å². The van der Waals surface area contributed by atoms with E-state index >= 15 is 0 Å². The van der Waals surface area contributed by atoms with Gasteiger partial charge in [0.25, 0.3) is 0 Å². The number of allylic oxidation sites excluding steroid dienone is 1. The molecule has 0 amide bonds. The van der Waals surface area contributed by atoms with Crippen LogP contribution in [0.25, 0.3) is 6.08 Å². The van der Waals surface area contributed by atoms with E-state index in [2.05, 4.69) is 31.9 Å². The van der Waals surface area contributed by atoms with Gasteiger partial charge in [-0.1, -0.05) is 31.9 Å². The highest BCUT2D eigenvalue weighted by molar-refractivity contribution is 9.10. The lowest BCUT2D eigenvalue weighted by atomic mass is 10.2. The van der Waals surface area contributed by atoms with E-state index in [0.717, 1.165) is 4.47 Å². The van der Waals surface area contributed by atoms with Gasteiger partial charge < -0.3 is 9.47 Å². The number of halogens is 2. The highest BCUT2D eigenvalue weighted by Crippen LogP contribution is 2.38. The van der Waals surface area contributed by atoms with Crippen molar-refractivity contribution in [3.63, 3.8) is 0 Å². The van der Waals surface area contributed by atoms with Gasteiger partial charge in [0, 0.05) is 8.95 Å². The van der Waals surface area contributed by atoms with Crippen LogP contribution in [0.4, 0.5) is 0 Å². The van der Waals surface area contributed by atoms with Gasteiger partial charge in [-0.2, -0.15) is 5.26 Å².